The molecule has 18 heavy (non-hydrogen) atoms. The summed E-state index contributed by atoms with van der Waals surface area (Å²) in [5.41, 5.74) is 5.57. The van der Waals surface area contributed by atoms with Gasteiger partial charge in [-0.15, -0.1) is 0 Å². The molecule has 1 aliphatic heterocycles. The Kier molecular flexibility index (Phi) is 3.90. The lowest BCUT2D eigenvalue weighted by Crippen LogP contribution is -2.42. The van der Waals surface area contributed by atoms with Crippen LogP contribution in [0, 0.1) is 5.41 Å². The summed E-state index contributed by atoms with van der Waals surface area (Å²) in [5.74, 6) is -0.675. The van der Waals surface area contributed by atoms with Crippen molar-refractivity contribution in [3.8, 4) is 0 Å². The lowest BCUT2D eigenvalue weighted by atomic mass is 9.71. The standard InChI is InChI=1S/C13H22N2O3/c14-10-6-11(16)15(8-10)9-13(7-12(17)18)4-2-1-3-5-13/h10H,1-9,14H2,(H,17,18). The van der Waals surface area contributed by atoms with Crippen LogP contribution in [0.2, 0.25) is 0 Å². The highest BCUT2D eigenvalue weighted by Crippen LogP contribution is 2.40. The number of hydrogen-bond acceptors (Lipinski definition) is 3. The molecule has 1 amide bonds. The monoisotopic (exact) mass is 254 g/mol. The first-order valence-corrected chi connectivity index (χ1v) is 6.76. The van der Waals surface area contributed by atoms with E-state index in [1.54, 1.807) is 4.90 Å². The number of carbonyl (C=O) groups excluding carboxylic acids is 1. The Morgan fingerprint density at radius 3 is 2.56 bits per heavy atom. The maximum atomic E-state index is 11.8. The van der Waals surface area contributed by atoms with Crippen LogP contribution < -0.4 is 5.73 Å². The summed E-state index contributed by atoms with van der Waals surface area (Å²) < 4.78 is 0. The van der Waals surface area contributed by atoms with Gasteiger partial charge >= 0.3 is 5.97 Å². The second-order valence-corrected chi connectivity index (χ2v) is 5.87. The van der Waals surface area contributed by atoms with Crippen molar-refractivity contribution in [1.29, 1.82) is 0 Å². The molecule has 0 aromatic rings. The molecule has 0 aromatic carbocycles. The molecule has 0 radical (unpaired) electrons. The molecule has 1 saturated carbocycles. The van der Waals surface area contributed by atoms with E-state index in [2.05, 4.69) is 0 Å². The smallest absolute Gasteiger partial charge is 0.303 e. The first kappa shape index (κ1) is 13.3. The maximum absolute atomic E-state index is 11.8. The van der Waals surface area contributed by atoms with Crippen molar-refractivity contribution >= 4 is 11.9 Å². The van der Waals surface area contributed by atoms with Crippen molar-refractivity contribution in [3.63, 3.8) is 0 Å². The van der Waals surface area contributed by atoms with Crippen molar-refractivity contribution in [3.05, 3.63) is 0 Å². The van der Waals surface area contributed by atoms with Crippen LogP contribution in [-0.4, -0.2) is 41.0 Å². The van der Waals surface area contributed by atoms with Gasteiger partial charge in [0.05, 0.1) is 6.42 Å². The topological polar surface area (TPSA) is 83.6 Å². The predicted molar refractivity (Wildman–Crippen MR) is 66.9 cm³/mol. The van der Waals surface area contributed by atoms with E-state index >= 15 is 0 Å². The van der Waals surface area contributed by atoms with Gasteiger partial charge in [0, 0.05) is 25.6 Å². The van der Waals surface area contributed by atoms with Gasteiger partial charge < -0.3 is 15.7 Å². The van der Waals surface area contributed by atoms with Crippen LogP contribution in [0.25, 0.3) is 0 Å². The second kappa shape index (κ2) is 5.26. The number of carboxylic acid groups (broad SMARTS) is 1. The zero-order chi connectivity index (χ0) is 13.2. The summed E-state index contributed by atoms with van der Waals surface area (Å²) >= 11 is 0. The van der Waals surface area contributed by atoms with E-state index in [1.165, 1.54) is 6.42 Å². The quantitative estimate of drug-likeness (QED) is 0.783. The summed E-state index contributed by atoms with van der Waals surface area (Å²) in [7, 11) is 0. The fourth-order valence-corrected chi connectivity index (χ4v) is 3.37. The number of carboxylic acids is 1. The third-order valence-electron chi connectivity index (χ3n) is 4.21. The van der Waals surface area contributed by atoms with E-state index in [0.717, 1.165) is 25.7 Å². The molecule has 102 valence electrons. The third-order valence-corrected chi connectivity index (χ3v) is 4.21. The average molecular weight is 254 g/mol. The molecule has 1 heterocycles. The van der Waals surface area contributed by atoms with Crippen LogP contribution >= 0.6 is 0 Å². The summed E-state index contributed by atoms with van der Waals surface area (Å²) in [5, 5.41) is 9.09. The lowest BCUT2D eigenvalue weighted by molar-refractivity contribution is -0.142. The number of nitrogens with zero attached hydrogens (tertiary/aromatic N) is 1. The van der Waals surface area contributed by atoms with Crippen molar-refractivity contribution in [2.24, 2.45) is 11.1 Å². The molecule has 0 bridgehead atoms. The van der Waals surface area contributed by atoms with E-state index < -0.39 is 5.97 Å². The molecule has 1 atom stereocenters. The highest BCUT2D eigenvalue weighted by atomic mass is 16.4. The molecule has 5 nitrogen and oxygen atoms in total. The molecular formula is C13H22N2O3. The zero-order valence-electron chi connectivity index (χ0n) is 10.7. The molecule has 1 unspecified atom stereocenters. The molecule has 1 aliphatic carbocycles. The summed E-state index contributed by atoms with van der Waals surface area (Å²) in [6.45, 7) is 1.16. The van der Waals surface area contributed by atoms with Crippen LogP contribution in [0.3, 0.4) is 0 Å². The minimum atomic E-state index is -0.757. The van der Waals surface area contributed by atoms with Crippen LogP contribution in [0.15, 0.2) is 0 Å². The van der Waals surface area contributed by atoms with Gasteiger partial charge in [-0.1, -0.05) is 19.3 Å². The van der Waals surface area contributed by atoms with E-state index in [1.807, 2.05) is 0 Å². The van der Waals surface area contributed by atoms with Crippen LogP contribution in [0.1, 0.15) is 44.9 Å². The number of rotatable bonds is 4. The van der Waals surface area contributed by atoms with E-state index in [0.29, 0.717) is 19.5 Å². The number of aliphatic carboxylic acids is 1. The molecule has 3 N–H and O–H groups in total. The van der Waals surface area contributed by atoms with Crippen LogP contribution in [0.4, 0.5) is 0 Å². The first-order chi connectivity index (χ1) is 8.51. The number of hydrogen-bond donors (Lipinski definition) is 2. The Bertz CT molecular complexity index is 337. The molecular weight excluding hydrogens is 232 g/mol. The van der Waals surface area contributed by atoms with Crippen molar-refractivity contribution in [1.82, 2.24) is 4.90 Å². The van der Waals surface area contributed by atoms with Crippen LogP contribution in [0.5, 0.6) is 0 Å². The SMILES string of the molecule is NC1CC(=O)N(CC2(CC(=O)O)CCCCC2)C1. The van der Waals surface area contributed by atoms with Crippen LogP contribution in [-0.2, 0) is 9.59 Å². The van der Waals surface area contributed by atoms with Gasteiger partial charge in [0.1, 0.15) is 0 Å². The average Bonchev–Trinajstić information content (AvgIpc) is 2.57. The fraction of sp³-hybridized carbons (Fsp3) is 0.846. The van der Waals surface area contributed by atoms with Crippen molar-refractivity contribution in [2.45, 2.75) is 51.0 Å². The first-order valence-electron chi connectivity index (χ1n) is 6.76. The molecule has 2 rings (SSSR count). The van der Waals surface area contributed by atoms with Gasteiger partial charge in [0.15, 0.2) is 0 Å². The Labute approximate surface area is 107 Å². The summed E-state index contributed by atoms with van der Waals surface area (Å²) in [4.78, 5) is 24.6. The lowest BCUT2D eigenvalue weighted by Gasteiger charge is -2.39. The molecule has 1 saturated heterocycles. The van der Waals surface area contributed by atoms with Gasteiger partial charge in [-0.05, 0) is 18.3 Å². The number of amides is 1. The molecule has 0 aromatic heterocycles. The normalized spacial score (nSPS) is 27.5. The molecule has 0 spiro atoms. The number of likely N-dealkylation sites (tertiary alicyclic amines) is 1. The van der Waals surface area contributed by atoms with Crippen molar-refractivity contribution in [2.75, 3.05) is 13.1 Å². The van der Waals surface area contributed by atoms with E-state index in [-0.39, 0.29) is 23.8 Å². The number of nitrogens with two attached hydrogens (primary N) is 1. The minimum Gasteiger partial charge on any atom is -0.481 e. The number of carbonyl (C=O) groups is 2. The Hall–Kier alpha value is -1.10. The van der Waals surface area contributed by atoms with Gasteiger partial charge in [-0.25, -0.2) is 0 Å². The highest BCUT2D eigenvalue weighted by Gasteiger charge is 2.39. The van der Waals surface area contributed by atoms with Crippen molar-refractivity contribution < 1.29 is 14.7 Å². The van der Waals surface area contributed by atoms with E-state index in [4.69, 9.17) is 10.8 Å². The zero-order valence-corrected chi connectivity index (χ0v) is 10.7. The van der Waals surface area contributed by atoms with Gasteiger partial charge in [0.2, 0.25) is 5.91 Å². The minimum absolute atomic E-state index is 0.0806. The predicted octanol–water partition coefficient (Wildman–Crippen LogP) is 0.971. The Morgan fingerprint density at radius 1 is 1.39 bits per heavy atom. The molecule has 2 fully saturated rings. The third kappa shape index (κ3) is 3.02. The maximum Gasteiger partial charge on any atom is 0.303 e. The van der Waals surface area contributed by atoms with Gasteiger partial charge in [-0.2, -0.15) is 0 Å². The van der Waals surface area contributed by atoms with E-state index in [9.17, 15) is 9.59 Å². The molecule has 5 heteroatoms. The summed E-state index contributed by atoms with van der Waals surface area (Å²) in [6, 6.07) is -0.0806. The van der Waals surface area contributed by atoms with Gasteiger partial charge in [-0.3, -0.25) is 9.59 Å². The van der Waals surface area contributed by atoms with Gasteiger partial charge in [0.25, 0.3) is 0 Å². The summed E-state index contributed by atoms with van der Waals surface area (Å²) in [6.07, 6.45) is 5.73. The largest absolute Gasteiger partial charge is 0.481 e. The highest BCUT2D eigenvalue weighted by molar-refractivity contribution is 5.79. The Morgan fingerprint density at radius 2 is 2.06 bits per heavy atom. The Balaban J connectivity index is 2.05. The molecule has 2 aliphatic rings. The fourth-order valence-electron chi connectivity index (χ4n) is 3.37. The second-order valence-electron chi connectivity index (χ2n) is 5.87.